The summed E-state index contributed by atoms with van der Waals surface area (Å²) >= 11 is 0. The van der Waals surface area contributed by atoms with Crippen LogP contribution < -0.4 is 4.74 Å². The van der Waals surface area contributed by atoms with Crippen LogP contribution in [-0.4, -0.2) is 32.5 Å². The molecule has 84 valence electrons. The molecule has 16 heavy (non-hydrogen) atoms. The highest BCUT2D eigenvalue weighted by atomic mass is 16.5. The molecular formula is C10H11N3O3. The van der Waals surface area contributed by atoms with Gasteiger partial charge in [0.05, 0.1) is 7.11 Å². The van der Waals surface area contributed by atoms with Crippen molar-refractivity contribution in [3.05, 3.63) is 24.0 Å². The molecule has 0 fully saturated rings. The van der Waals surface area contributed by atoms with E-state index in [0.717, 1.165) is 0 Å². The third kappa shape index (κ3) is 1.82. The van der Waals surface area contributed by atoms with Crippen LogP contribution >= 0.6 is 0 Å². The number of aliphatic hydroxyl groups excluding tert-OH is 1. The fourth-order valence-electron chi connectivity index (χ4n) is 1.31. The number of benzene rings is 1. The lowest BCUT2D eigenvalue weighted by Crippen LogP contribution is -1.87. The van der Waals surface area contributed by atoms with Gasteiger partial charge in [0, 0.05) is 5.56 Å². The number of hydrogen-bond acceptors (Lipinski definition) is 5. The van der Waals surface area contributed by atoms with Gasteiger partial charge in [0.15, 0.2) is 23.1 Å². The van der Waals surface area contributed by atoms with E-state index in [-0.39, 0.29) is 12.4 Å². The van der Waals surface area contributed by atoms with Gasteiger partial charge in [0.1, 0.15) is 6.61 Å². The van der Waals surface area contributed by atoms with Gasteiger partial charge in [0.2, 0.25) is 0 Å². The molecule has 2 aromatic rings. The summed E-state index contributed by atoms with van der Waals surface area (Å²) in [5.41, 5.74) is 0.700. The quantitative estimate of drug-likeness (QED) is 0.708. The SMILES string of the molecule is COc1cc(-c2n[nH]c(CO)n2)ccc1O. The van der Waals surface area contributed by atoms with Crippen molar-refractivity contribution in [1.82, 2.24) is 15.2 Å². The van der Waals surface area contributed by atoms with Crippen molar-refractivity contribution in [2.24, 2.45) is 0 Å². The fourth-order valence-corrected chi connectivity index (χ4v) is 1.31. The number of aliphatic hydroxyl groups is 1. The highest BCUT2D eigenvalue weighted by Gasteiger charge is 2.08. The standard InChI is InChI=1S/C10H11N3O3/c1-16-8-4-6(2-3-7(8)15)10-11-9(5-14)12-13-10/h2-4,14-15H,5H2,1H3,(H,11,12,13). The number of methoxy groups -OCH3 is 1. The monoisotopic (exact) mass is 221 g/mol. The Morgan fingerprint density at radius 3 is 2.88 bits per heavy atom. The Hall–Kier alpha value is -2.08. The normalized spacial score (nSPS) is 10.4. The van der Waals surface area contributed by atoms with Crippen molar-refractivity contribution in [1.29, 1.82) is 0 Å². The molecule has 2 rings (SSSR count). The van der Waals surface area contributed by atoms with E-state index in [1.807, 2.05) is 0 Å². The molecule has 0 aliphatic carbocycles. The molecule has 3 N–H and O–H groups in total. The van der Waals surface area contributed by atoms with Gasteiger partial charge in [0.25, 0.3) is 0 Å². The number of aromatic nitrogens is 3. The predicted octanol–water partition coefficient (Wildman–Crippen LogP) is 0.678. The first-order valence-corrected chi connectivity index (χ1v) is 4.64. The summed E-state index contributed by atoms with van der Waals surface area (Å²) in [6, 6.07) is 4.80. The second kappa shape index (κ2) is 4.19. The zero-order valence-corrected chi connectivity index (χ0v) is 8.64. The summed E-state index contributed by atoms with van der Waals surface area (Å²) < 4.78 is 4.98. The molecule has 0 amide bonds. The minimum Gasteiger partial charge on any atom is -0.504 e. The average Bonchev–Trinajstić information content (AvgIpc) is 2.78. The van der Waals surface area contributed by atoms with Crippen molar-refractivity contribution in [3.63, 3.8) is 0 Å². The number of phenols is 1. The predicted molar refractivity (Wildman–Crippen MR) is 56.0 cm³/mol. The number of hydrogen-bond donors (Lipinski definition) is 3. The number of aromatic hydroxyl groups is 1. The van der Waals surface area contributed by atoms with E-state index in [9.17, 15) is 5.11 Å². The van der Waals surface area contributed by atoms with Crippen molar-refractivity contribution in [2.75, 3.05) is 7.11 Å². The van der Waals surface area contributed by atoms with Crippen molar-refractivity contribution >= 4 is 0 Å². The molecule has 1 aromatic carbocycles. The highest BCUT2D eigenvalue weighted by Crippen LogP contribution is 2.29. The van der Waals surface area contributed by atoms with Crippen LogP contribution in [0, 0.1) is 0 Å². The van der Waals surface area contributed by atoms with Crippen LogP contribution in [0.25, 0.3) is 11.4 Å². The molecule has 1 aromatic heterocycles. The minimum atomic E-state index is -0.192. The van der Waals surface area contributed by atoms with Gasteiger partial charge < -0.3 is 14.9 Å². The third-order valence-electron chi connectivity index (χ3n) is 2.12. The maximum Gasteiger partial charge on any atom is 0.181 e. The van der Waals surface area contributed by atoms with E-state index >= 15 is 0 Å². The molecule has 0 unspecified atom stereocenters. The first-order chi connectivity index (χ1) is 7.74. The van der Waals surface area contributed by atoms with Crippen LogP contribution in [-0.2, 0) is 6.61 Å². The van der Waals surface area contributed by atoms with E-state index in [0.29, 0.717) is 23.0 Å². The lowest BCUT2D eigenvalue weighted by molar-refractivity contribution is 0.272. The van der Waals surface area contributed by atoms with Gasteiger partial charge in [-0.15, -0.1) is 0 Å². The van der Waals surface area contributed by atoms with Gasteiger partial charge in [-0.1, -0.05) is 0 Å². The lowest BCUT2D eigenvalue weighted by atomic mass is 10.2. The molecule has 0 aliphatic rings. The Morgan fingerprint density at radius 1 is 1.44 bits per heavy atom. The summed E-state index contributed by atoms with van der Waals surface area (Å²) in [6.07, 6.45) is 0. The van der Waals surface area contributed by atoms with Crippen LogP contribution in [0.2, 0.25) is 0 Å². The summed E-state index contributed by atoms with van der Waals surface area (Å²) in [5, 5.41) is 24.8. The van der Waals surface area contributed by atoms with Crippen molar-refractivity contribution in [2.45, 2.75) is 6.61 Å². The number of ether oxygens (including phenoxy) is 1. The van der Waals surface area contributed by atoms with Gasteiger partial charge >= 0.3 is 0 Å². The molecule has 0 aliphatic heterocycles. The van der Waals surface area contributed by atoms with Gasteiger partial charge in [-0.3, -0.25) is 5.10 Å². The summed E-state index contributed by atoms with van der Waals surface area (Å²) in [7, 11) is 1.47. The molecule has 0 radical (unpaired) electrons. The number of nitrogens with one attached hydrogen (secondary N) is 1. The first-order valence-electron chi connectivity index (χ1n) is 4.64. The lowest BCUT2D eigenvalue weighted by Gasteiger charge is -2.03. The first kappa shape index (κ1) is 10.4. The van der Waals surface area contributed by atoms with E-state index < -0.39 is 0 Å². The number of aromatic amines is 1. The van der Waals surface area contributed by atoms with Crippen molar-refractivity contribution < 1.29 is 14.9 Å². The van der Waals surface area contributed by atoms with Gasteiger partial charge in [-0.05, 0) is 18.2 Å². The second-order valence-corrected chi connectivity index (χ2v) is 3.15. The number of nitrogens with zero attached hydrogens (tertiary/aromatic N) is 2. The van der Waals surface area contributed by atoms with Crippen LogP contribution in [0.4, 0.5) is 0 Å². The molecule has 0 bridgehead atoms. The van der Waals surface area contributed by atoms with Crippen LogP contribution in [0.3, 0.4) is 0 Å². The molecule has 1 heterocycles. The smallest absolute Gasteiger partial charge is 0.181 e. The average molecular weight is 221 g/mol. The number of H-pyrrole nitrogens is 1. The Bertz CT molecular complexity index is 496. The van der Waals surface area contributed by atoms with E-state index in [1.54, 1.807) is 12.1 Å². The zero-order valence-electron chi connectivity index (χ0n) is 8.64. The van der Waals surface area contributed by atoms with Gasteiger partial charge in [-0.2, -0.15) is 5.10 Å². The van der Waals surface area contributed by atoms with E-state index in [1.165, 1.54) is 13.2 Å². The number of rotatable bonds is 3. The van der Waals surface area contributed by atoms with Crippen molar-refractivity contribution in [3.8, 4) is 22.9 Å². The zero-order chi connectivity index (χ0) is 11.5. The summed E-state index contributed by atoms with van der Waals surface area (Å²) in [4.78, 5) is 4.05. The van der Waals surface area contributed by atoms with Gasteiger partial charge in [-0.25, -0.2) is 4.98 Å². The Balaban J connectivity index is 2.40. The van der Waals surface area contributed by atoms with Crippen LogP contribution in [0.1, 0.15) is 5.82 Å². The largest absolute Gasteiger partial charge is 0.504 e. The summed E-state index contributed by atoms with van der Waals surface area (Å²) in [5.74, 6) is 1.25. The minimum absolute atomic E-state index is 0.0594. The Kier molecular flexibility index (Phi) is 2.74. The summed E-state index contributed by atoms with van der Waals surface area (Å²) in [6.45, 7) is -0.192. The molecule has 0 saturated carbocycles. The molecular weight excluding hydrogens is 210 g/mol. The Labute approximate surface area is 91.5 Å². The topological polar surface area (TPSA) is 91.3 Å². The number of phenolic OH excluding ortho intramolecular Hbond substituents is 1. The molecule has 0 spiro atoms. The maximum absolute atomic E-state index is 9.42. The molecule has 6 heteroatoms. The highest BCUT2D eigenvalue weighted by molar-refractivity contribution is 5.60. The third-order valence-corrected chi connectivity index (χ3v) is 2.12. The van der Waals surface area contributed by atoms with E-state index in [2.05, 4.69) is 15.2 Å². The maximum atomic E-state index is 9.42. The van der Waals surface area contributed by atoms with Crippen LogP contribution in [0.15, 0.2) is 18.2 Å². The molecule has 6 nitrogen and oxygen atoms in total. The second-order valence-electron chi connectivity index (χ2n) is 3.15. The van der Waals surface area contributed by atoms with E-state index in [4.69, 9.17) is 9.84 Å². The molecule has 0 atom stereocenters. The fraction of sp³-hybridized carbons (Fsp3) is 0.200. The Morgan fingerprint density at radius 2 is 2.25 bits per heavy atom. The van der Waals surface area contributed by atoms with Crippen LogP contribution in [0.5, 0.6) is 11.5 Å². The molecule has 0 saturated heterocycles.